The molecule has 21 heavy (non-hydrogen) atoms. The van der Waals surface area contributed by atoms with Gasteiger partial charge in [-0.2, -0.15) is 14.6 Å². The second-order valence-corrected chi connectivity index (χ2v) is 7.16. The number of nitrogens with zero attached hydrogens (tertiary/aromatic N) is 4. The van der Waals surface area contributed by atoms with Crippen LogP contribution in [-0.2, 0) is 12.8 Å². The van der Waals surface area contributed by atoms with Gasteiger partial charge in [-0.15, -0.1) is 0 Å². The van der Waals surface area contributed by atoms with Crippen molar-refractivity contribution < 1.29 is 0 Å². The highest BCUT2D eigenvalue weighted by Gasteiger charge is 2.18. The fourth-order valence-electron chi connectivity index (χ4n) is 3.05. The summed E-state index contributed by atoms with van der Waals surface area (Å²) < 4.78 is 1.64. The lowest BCUT2D eigenvalue weighted by molar-refractivity contribution is 0.297. The minimum absolute atomic E-state index is 0.368. The van der Waals surface area contributed by atoms with E-state index in [0.29, 0.717) is 22.9 Å². The maximum absolute atomic E-state index is 6.27. The summed E-state index contributed by atoms with van der Waals surface area (Å²) in [7, 11) is 0. The first-order valence-corrected chi connectivity index (χ1v) is 7.78. The van der Waals surface area contributed by atoms with Crippen LogP contribution in [0.15, 0.2) is 6.33 Å². The minimum atomic E-state index is 0.368. The predicted octanol–water partition coefficient (Wildman–Crippen LogP) is 3.27. The van der Waals surface area contributed by atoms with E-state index in [-0.39, 0.29) is 0 Å². The minimum Gasteiger partial charge on any atom is -0.383 e. The smallest absolute Gasteiger partial charge is 0.254 e. The van der Waals surface area contributed by atoms with E-state index in [1.54, 1.807) is 4.52 Å². The van der Waals surface area contributed by atoms with E-state index >= 15 is 0 Å². The molecule has 0 radical (unpaired) electrons. The number of hydrogen-bond acceptors (Lipinski definition) is 4. The lowest BCUT2D eigenvalue weighted by Gasteiger charge is -2.23. The van der Waals surface area contributed by atoms with Gasteiger partial charge in [-0.25, -0.2) is 4.98 Å². The molecule has 0 aromatic carbocycles. The van der Waals surface area contributed by atoms with Gasteiger partial charge in [0.05, 0.1) is 5.69 Å². The number of nitrogens with two attached hydrogens (primary N) is 1. The van der Waals surface area contributed by atoms with E-state index in [1.165, 1.54) is 12.7 Å². The van der Waals surface area contributed by atoms with Gasteiger partial charge in [-0.1, -0.05) is 34.6 Å². The van der Waals surface area contributed by atoms with E-state index in [1.807, 2.05) is 0 Å². The summed E-state index contributed by atoms with van der Waals surface area (Å²) in [5.41, 5.74) is 8.83. The summed E-state index contributed by atoms with van der Waals surface area (Å²) in [6.07, 6.45) is 5.67. The zero-order valence-electron chi connectivity index (χ0n) is 13.8. The molecule has 0 bridgehead atoms. The first-order valence-electron chi connectivity index (χ1n) is 7.78. The molecule has 0 aliphatic carbocycles. The molecule has 1 atom stereocenters. The van der Waals surface area contributed by atoms with E-state index in [9.17, 15) is 0 Å². The monoisotopic (exact) mass is 289 g/mol. The van der Waals surface area contributed by atoms with Crippen molar-refractivity contribution in [1.82, 2.24) is 19.6 Å². The Balaban J connectivity index is 2.19. The Labute approximate surface area is 127 Å². The maximum atomic E-state index is 6.27. The number of anilines is 1. The van der Waals surface area contributed by atoms with Gasteiger partial charge >= 0.3 is 0 Å². The highest BCUT2D eigenvalue weighted by Crippen LogP contribution is 2.28. The molecule has 2 aromatic rings. The van der Waals surface area contributed by atoms with Crippen LogP contribution < -0.4 is 5.73 Å². The topological polar surface area (TPSA) is 69.1 Å². The Hall–Kier alpha value is -1.65. The fraction of sp³-hybridized carbons (Fsp3) is 0.688. The molecule has 0 spiro atoms. The first kappa shape index (κ1) is 15.7. The summed E-state index contributed by atoms with van der Waals surface area (Å²) in [5, 5.41) is 4.16. The standard InChI is InChI=1S/C16H27N5/c1-6-13-12(8-7-11(2)9-16(3,4)5)14(17)21-15(20-13)18-10-19-21/h10-11H,6-9,17H2,1-5H3. The molecule has 0 aliphatic heterocycles. The van der Waals surface area contributed by atoms with Crippen molar-refractivity contribution in [2.75, 3.05) is 5.73 Å². The molecule has 0 amide bonds. The third-order valence-electron chi connectivity index (χ3n) is 3.83. The molecule has 2 heterocycles. The van der Waals surface area contributed by atoms with E-state index in [2.05, 4.69) is 49.7 Å². The van der Waals surface area contributed by atoms with Gasteiger partial charge in [0.25, 0.3) is 5.78 Å². The van der Waals surface area contributed by atoms with Crippen molar-refractivity contribution in [1.29, 1.82) is 0 Å². The summed E-state index contributed by atoms with van der Waals surface area (Å²) >= 11 is 0. The second-order valence-electron chi connectivity index (χ2n) is 7.16. The number of aryl methyl sites for hydroxylation is 1. The number of hydrogen-bond donors (Lipinski definition) is 1. The van der Waals surface area contributed by atoms with Crippen molar-refractivity contribution >= 4 is 11.6 Å². The molecular formula is C16H27N5. The van der Waals surface area contributed by atoms with Crippen LogP contribution in [0.4, 0.5) is 5.82 Å². The molecule has 2 aromatic heterocycles. The molecule has 0 saturated heterocycles. The lowest BCUT2D eigenvalue weighted by Crippen LogP contribution is -2.14. The summed E-state index contributed by atoms with van der Waals surface area (Å²) in [4.78, 5) is 8.71. The Morgan fingerprint density at radius 2 is 2.05 bits per heavy atom. The molecule has 2 N–H and O–H groups in total. The van der Waals surface area contributed by atoms with Crippen molar-refractivity contribution in [2.45, 2.75) is 60.3 Å². The average molecular weight is 289 g/mol. The zero-order valence-corrected chi connectivity index (χ0v) is 13.8. The zero-order chi connectivity index (χ0) is 15.6. The maximum Gasteiger partial charge on any atom is 0.254 e. The van der Waals surface area contributed by atoms with E-state index < -0.39 is 0 Å². The molecule has 1 unspecified atom stereocenters. The Kier molecular flexibility index (Phi) is 4.49. The molecular weight excluding hydrogens is 262 g/mol. The van der Waals surface area contributed by atoms with Gasteiger partial charge in [0.15, 0.2) is 0 Å². The molecule has 116 valence electrons. The molecule has 0 fully saturated rings. The molecule has 2 rings (SSSR count). The second kappa shape index (κ2) is 6.00. The Morgan fingerprint density at radius 3 is 2.67 bits per heavy atom. The van der Waals surface area contributed by atoms with Crippen LogP contribution in [0.1, 0.15) is 58.7 Å². The number of aromatic nitrogens is 4. The van der Waals surface area contributed by atoms with Gasteiger partial charge in [0.2, 0.25) is 0 Å². The quantitative estimate of drug-likeness (QED) is 0.917. The SMILES string of the molecule is CCc1nc2ncnn2c(N)c1CCC(C)CC(C)(C)C. The number of fused-ring (bicyclic) bond motifs is 1. The summed E-state index contributed by atoms with van der Waals surface area (Å²) in [6.45, 7) is 11.3. The van der Waals surface area contributed by atoms with E-state index in [0.717, 1.165) is 30.5 Å². The van der Waals surface area contributed by atoms with Crippen LogP contribution in [0.2, 0.25) is 0 Å². The first-order chi connectivity index (χ1) is 9.81. The van der Waals surface area contributed by atoms with Crippen molar-refractivity contribution in [3.63, 3.8) is 0 Å². The largest absolute Gasteiger partial charge is 0.383 e. The van der Waals surface area contributed by atoms with Gasteiger partial charge in [0, 0.05) is 5.56 Å². The highest BCUT2D eigenvalue weighted by atomic mass is 15.3. The van der Waals surface area contributed by atoms with Crippen LogP contribution in [0.25, 0.3) is 5.78 Å². The fourth-order valence-corrected chi connectivity index (χ4v) is 3.05. The highest BCUT2D eigenvalue weighted by molar-refractivity contribution is 5.49. The van der Waals surface area contributed by atoms with Crippen LogP contribution in [-0.4, -0.2) is 19.6 Å². The van der Waals surface area contributed by atoms with Crippen molar-refractivity contribution in [2.24, 2.45) is 11.3 Å². The lowest BCUT2D eigenvalue weighted by atomic mass is 9.83. The van der Waals surface area contributed by atoms with Crippen LogP contribution in [0.5, 0.6) is 0 Å². The third kappa shape index (κ3) is 3.71. The molecule has 5 nitrogen and oxygen atoms in total. The molecule has 0 aliphatic rings. The van der Waals surface area contributed by atoms with Crippen molar-refractivity contribution in [3.8, 4) is 0 Å². The summed E-state index contributed by atoms with van der Waals surface area (Å²) in [5.74, 6) is 1.95. The van der Waals surface area contributed by atoms with Crippen LogP contribution >= 0.6 is 0 Å². The van der Waals surface area contributed by atoms with Gasteiger partial charge < -0.3 is 5.73 Å². The van der Waals surface area contributed by atoms with Gasteiger partial charge in [-0.3, -0.25) is 0 Å². The normalized spacial score (nSPS) is 13.8. The number of rotatable bonds is 5. The summed E-state index contributed by atoms with van der Waals surface area (Å²) in [6, 6.07) is 0. The Morgan fingerprint density at radius 1 is 1.33 bits per heavy atom. The Bertz CT molecular complexity index is 609. The molecule has 5 heteroatoms. The predicted molar refractivity (Wildman–Crippen MR) is 86.1 cm³/mol. The number of nitrogen functional groups attached to an aromatic ring is 1. The van der Waals surface area contributed by atoms with Crippen LogP contribution in [0.3, 0.4) is 0 Å². The average Bonchev–Trinajstić information content (AvgIpc) is 2.83. The van der Waals surface area contributed by atoms with Gasteiger partial charge in [-0.05, 0) is 37.0 Å². The van der Waals surface area contributed by atoms with E-state index in [4.69, 9.17) is 5.73 Å². The van der Waals surface area contributed by atoms with Crippen LogP contribution in [0, 0.1) is 11.3 Å². The van der Waals surface area contributed by atoms with Crippen molar-refractivity contribution in [3.05, 3.63) is 17.6 Å². The molecule has 0 saturated carbocycles. The third-order valence-corrected chi connectivity index (χ3v) is 3.83. The van der Waals surface area contributed by atoms with Gasteiger partial charge in [0.1, 0.15) is 12.1 Å².